The van der Waals surface area contributed by atoms with E-state index in [1.165, 1.54) is 22.9 Å². The van der Waals surface area contributed by atoms with E-state index < -0.39 is 15.1 Å². The van der Waals surface area contributed by atoms with Gasteiger partial charge in [-0.2, -0.15) is 0 Å². The molecule has 4 rings (SSSR count). The summed E-state index contributed by atoms with van der Waals surface area (Å²) in [6.45, 7) is 8.23. The van der Waals surface area contributed by atoms with Gasteiger partial charge in [0.2, 0.25) is 5.91 Å². The summed E-state index contributed by atoms with van der Waals surface area (Å²) in [5.41, 5.74) is 5.44. The van der Waals surface area contributed by atoms with Crippen LogP contribution in [0.15, 0.2) is 59.9 Å². The van der Waals surface area contributed by atoms with Crippen molar-refractivity contribution in [2.24, 2.45) is 0 Å². The molecule has 1 aliphatic rings. The quantitative estimate of drug-likeness (QED) is 0.476. The van der Waals surface area contributed by atoms with E-state index in [0.29, 0.717) is 12.3 Å². The maximum Gasteiger partial charge on any atom is 0.233 e. The number of carbonyl (C=O) groups excluding carboxylic acids is 1. The molecule has 0 saturated carbocycles. The molecule has 2 heterocycles. The first-order valence-electron chi connectivity index (χ1n) is 11.6. The number of hydrogen-bond acceptors (Lipinski definition) is 5. The number of aryl methyl sites for hydroxylation is 1. The summed E-state index contributed by atoms with van der Waals surface area (Å²) >= 11 is 1.39. The molecular formula is C26H31N3O3S2. The van der Waals surface area contributed by atoms with Crippen LogP contribution in [-0.2, 0) is 14.6 Å². The number of imidazole rings is 1. The van der Waals surface area contributed by atoms with Gasteiger partial charge in [-0.05, 0) is 37.8 Å². The van der Waals surface area contributed by atoms with Gasteiger partial charge in [-0.15, -0.1) is 0 Å². The molecule has 2 atom stereocenters. The number of nitrogens with one attached hydrogen (secondary N) is 1. The highest BCUT2D eigenvalue weighted by atomic mass is 32.2. The molecule has 1 aliphatic heterocycles. The lowest BCUT2D eigenvalue weighted by atomic mass is 10.0. The monoisotopic (exact) mass is 497 g/mol. The Kier molecular flexibility index (Phi) is 7.19. The summed E-state index contributed by atoms with van der Waals surface area (Å²) < 4.78 is 25.7. The van der Waals surface area contributed by atoms with Crippen LogP contribution in [0.2, 0.25) is 0 Å². The fourth-order valence-corrected chi connectivity index (χ4v) is 6.78. The molecule has 0 unspecified atom stereocenters. The molecule has 8 heteroatoms. The summed E-state index contributed by atoms with van der Waals surface area (Å²) in [6.07, 6.45) is 2.33. The molecule has 0 spiro atoms. The molecule has 1 N–H and O–H groups in total. The molecular weight excluding hydrogens is 466 g/mol. The fourth-order valence-electron chi connectivity index (χ4n) is 4.20. The molecule has 180 valence electrons. The second-order valence-corrected chi connectivity index (χ2v) is 12.7. The van der Waals surface area contributed by atoms with E-state index in [1.54, 1.807) is 0 Å². The third-order valence-electron chi connectivity index (χ3n) is 6.11. The Morgan fingerprint density at radius 2 is 1.82 bits per heavy atom. The summed E-state index contributed by atoms with van der Waals surface area (Å²) in [6, 6.07) is 16.3. The van der Waals surface area contributed by atoms with Gasteiger partial charge in [0.05, 0.1) is 34.3 Å². The smallest absolute Gasteiger partial charge is 0.233 e. The average Bonchev–Trinajstić information content (AvgIpc) is 3.36. The molecule has 3 aromatic rings. The third kappa shape index (κ3) is 5.39. The van der Waals surface area contributed by atoms with Gasteiger partial charge in [0.25, 0.3) is 0 Å². The first kappa shape index (κ1) is 24.5. The maximum atomic E-state index is 12.9. The number of amides is 1. The third-order valence-corrected chi connectivity index (χ3v) is 8.94. The van der Waals surface area contributed by atoms with Crippen molar-refractivity contribution in [2.75, 3.05) is 11.5 Å². The van der Waals surface area contributed by atoms with E-state index in [0.717, 1.165) is 22.1 Å². The highest BCUT2D eigenvalue weighted by molar-refractivity contribution is 8.00. The lowest BCUT2D eigenvalue weighted by Crippen LogP contribution is -2.40. The van der Waals surface area contributed by atoms with Crippen LogP contribution < -0.4 is 5.32 Å². The lowest BCUT2D eigenvalue weighted by Gasteiger charge is -2.20. The molecule has 1 fully saturated rings. The van der Waals surface area contributed by atoms with Gasteiger partial charge in [-0.1, -0.05) is 73.6 Å². The number of thioether (sulfide) groups is 1. The van der Waals surface area contributed by atoms with E-state index in [-0.39, 0.29) is 23.5 Å². The van der Waals surface area contributed by atoms with E-state index in [9.17, 15) is 13.2 Å². The van der Waals surface area contributed by atoms with Crippen LogP contribution in [0.5, 0.6) is 0 Å². The second-order valence-electron chi connectivity index (χ2n) is 9.21. The van der Waals surface area contributed by atoms with Crippen molar-refractivity contribution >= 4 is 27.5 Å². The molecule has 2 aromatic carbocycles. The van der Waals surface area contributed by atoms with Crippen molar-refractivity contribution in [3.8, 4) is 16.9 Å². The van der Waals surface area contributed by atoms with Gasteiger partial charge >= 0.3 is 0 Å². The molecule has 0 bridgehead atoms. The zero-order chi connectivity index (χ0) is 24.5. The first-order chi connectivity index (χ1) is 16.1. The molecule has 1 saturated heterocycles. The molecule has 0 aliphatic carbocycles. The number of rotatable bonds is 7. The Morgan fingerprint density at radius 1 is 1.12 bits per heavy atom. The maximum absolute atomic E-state index is 12.9. The second kappa shape index (κ2) is 9.96. The Balaban J connectivity index is 1.68. The number of hydrogen-bond donors (Lipinski definition) is 1. The molecule has 1 amide bonds. The number of sulfone groups is 1. The number of benzene rings is 2. The van der Waals surface area contributed by atoms with Crippen molar-refractivity contribution in [1.29, 1.82) is 0 Å². The van der Waals surface area contributed by atoms with Crippen molar-refractivity contribution in [1.82, 2.24) is 14.9 Å². The number of aromatic nitrogens is 2. The van der Waals surface area contributed by atoms with Crippen LogP contribution in [0.1, 0.15) is 44.2 Å². The van der Waals surface area contributed by atoms with E-state index in [1.807, 2.05) is 25.3 Å². The van der Waals surface area contributed by atoms with E-state index >= 15 is 0 Å². The lowest BCUT2D eigenvalue weighted by molar-refractivity contribution is -0.120. The van der Waals surface area contributed by atoms with Crippen LogP contribution in [0.3, 0.4) is 0 Å². The topological polar surface area (TPSA) is 81.1 Å². The number of para-hydroxylation sites is 1. The minimum Gasteiger partial charge on any atom is -0.351 e. The zero-order valence-corrected chi connectivity index (χ0v) is 21.6. The first-order valence-corrected chi connectivity index (χ1v) is 14.3. The highest BCUT2D eigenvalue weighted by Crippen LogP contribution is 2.35. The SMILES string of the molecule is Cc1ccc(-c2cnc(S[C@@H](C)C(=O)N[C@@H]3CCS(=O)(=O)C3)n2-c2ccccc2C(C)C)cc1. The van der Waals surface area contributed by atoms with Gasteiger partial charge in [-0.25, -0.2) is 13.4 Å². The molecule has 1 aromatic heterocycles. The molecule has 6 nitrogen and oxygen atoms in total. The molecule has 0 radical (unpaired) electrons. The summed E-state index contributed by atoms with van der Waals surface area (Å²) in [5.74, 6) is 0.294. The Hall–Kier alpha value is -2.58. The van der Waals surface area contributed by atoms with Gasteiger partial charge in [0.1, 0.15) is 0 Å². The predicted octanol–water partition coefficient (Wildman–Crippen LogP) is 4.76. The van der Waals surface area contributed by atoms with Gasteiger partial charge in [0, 0.05) is 11.6 Å². The van der Waals surface area contributed by atoms with Crippen molar-refractivity contribution in [3.05, 3.63) is 65.9 Å². The van der Waals surface area contributed by atoms with Crippen molar-refractivity contribution in [2.45, 2.75) is 56.5 Å². The minimum atomic E-state index is -3.05. The average molecular weight is 498 g/mol. The normalized spacial score (nSPS) is 18.2. The minimum absolute atomic E-state index is 0.0179. The number of carbonyl (C=O) groups is 1. The van der Waals surface area contributed by atoms with Crippen molar-refractivity contribution in [3.63, 3.8) is 0 Å². The summed E-state index contributed by atoms with van der Waals surface area (Å²) in [4.78, 5) is 17.6. The van der Waals surface area contributed by atoms with E-state index in [2.05, 4.69) is 67.1 Å². The van der Waals surface area contributed by atoms with Crippen LogP contribution >= 0.6 is 11.8 Å². The van der Waals surface area contributed by atoms with Crippen molar-refractivity contribution < 1.29 is 13.2 Å². The van der Waals surface area contributed by atoms with Gasteiger partial charge in [-0.3, -0.25) is 9.36 Å². The Morgan fingerprint density at radius 3 is 2.47 bits per heavy atom. The molecule has 34 heavy (non-hydrogen) atoms. The Labute approximate surface area is 206 Å². The summed E-state index contributed by atoms with van der Waals surface area (Å²) in [5, 5.41) is 3.21. The predicted molar refractivity (Wildman–Crippen MR) is 138 cm³/mol. The summed E-state index contributed by atoms with van der Waals surface area (Å²) in [7, 11) is -3.05. The van der Waals surface area contributed by atoms with Crippen LogP contribution in [0.4, 0.5) is 0 Å². The van der Waals surface area contributed by atoms with Crippen LogP contribution in [0, 0.1) is 6.92 Å². The zero-order valence-electron chi connectivity index (χ0n) is 20.0. The largest absolute Gasteiger partial charge is 0.351 e. The van der Waals surface area contributed by atoms with E-state index in [4.69, 9.17) is 4.98 Å². The number of nitrogens with zero attached hydrogens (tertiary/aromatic N) is 2. The Bertz CT molecular complexity index is 1280. The van der Waals surface area contributed by atoms with Gasteiger partial charge in [0.15, 0.2) is 15.0 Å². The standard InChI is InChI=1S/C26H31N3O3S2/c1-17(2)22-7-5-6-8-23(22)29-24(20-11-9-18(3)10-12-20)15-27-26(29)33-19(4)25(30)28-21-13-14-34(31,32)16-21/h5-12,15,17,19,21H,13-14,16H2,1-4H3,(H,28,30)/t19-,21+/m0/s1. The van der Waals surface area contributed by atoms with Crippen LogP contribution in [0.25, 0.3) is 16.9 Å². The highest BCUT2D eigenvalue weighted by Gasteiger charge is 2.31. The fraction of sp³-hybridized carbons (Fsp3) is 0.385. The van der Waals surface area contributed by atoms with Gasteiger partial charge < -0.3 is 5.32 Å². The van der Waals surface area contributed by atoms with Crippen LogP contribution in [-0.4, -0.2) is 46.7 Å².